The van der Waals surface area contributed by atoms with E-state index < -0.39 is 0 Å². The Morgan fingerprint density at radius 1 is 1.42 bits per heavy atom. The van der Waals surface area contributed by atoms with E-state index in [-0.39, 0.29) is 5.56 Å². The molecule has 0 saturated heterocycles. The largest absolute Gasteiger partial charge is 0.327 e. The quantitative estimate of drug-likeness (QED) is 0.669. The molecule has 12 heavy (non-hydrogen) atoms. The predicted molar refractivity (Wildman–Crippen MR) is 47.4 cm³/mol. The molecule has 60 valence electrons. The van der Waals surface area contributed by atoms with Crippen molar-refractivity contribution in [3.05, 3.63) is 39.9 Å². The maximum Gasteiger partial charge on any atom is 0.274 e. The summed E-state index contributed by atoms with van der Waals surface area (Å²) in [6.07, 6.45) is 3.07. The minimum absolute atomic E-state index is 0.213. The van der Waals surface area contributed by atoms with Crippen LogP contribution in [0.4, 0.5) is 0 Å². The summed E-state index contributed by atoms with van der Waals surface area (Å²) in [4.78, 5) is 17.6. The van der Waals surface area contributed by atoms with Crippen molar-refractivity contribution in [2.75, 3.05) is 0 Å². The third kappa shape index (κ3) is 0.987. The highest BCUT2D eigenvalue weighted by Gasteiger charge is 2.00. The molecular formula is C8H5ClN2O. The molecule has 0 aromatic carbocycles. The van der Waals surface area contributed by atoms with Gasteiger partial charge < -0.3 is 4.98 Å². The fraction of sp³-hybridized carbons (Fsp3) is 0. The van der Waals surface area contributed by atoms with Crippen molar-refractivity contribution >= 4 is 22.5 Å². The van der Waals surface area contributed by atoms with Crippen LogP contribution in [0.3, 0.4) is 0 Å². The molecule has 0 aliphatic carbocycles. The molecule has 0 saturated carbocycles. The van der Waals surface area contributed by atoms with E-state index in [0.29, 0.717) is 15.9 Å². The van der Waals surface area contributed by atoms with E-state index in [0.717, 1.165) is 0 Å². The number of aromatic nitrogens is 2. The Kier molecular flexibility index (Phi) is 1.59. The molecular weight excluding hydrogens is 176 g/mol. The highest BCUT2D eigenvalue weighted by Crippen LogP contribution is 2.17. The average Bonchev–Trinajstić information content (AvgIpc) is 2.07. The highest BCUT2D eigenvalue weighted by atomic mass is 35.5. The van der Waals surface area contributed by atoms with E-state index in [2.05, 4.69) is 9.97 Å². The van der Waals surface area contributed by atoms with Gasteiger partial charge in [0.25, 0.3) is 5.56 Å². The number of hydrogen-bond donors (Lipinski definition) is 1. The average molecular weight is 181 g/mol. The molecule has 2 rings (SSSR count). The second kappa shape index (κ2) is 2.60. The summed E-state index contributed by atoms with van der Waals surface area (Å²) in [5, 5.41) is 1.23. The van der Waals surface area contributed by atoms with Crippen molar-refractivity contribution in [2.24, 2.45) is 0 Å². The molecule has 0 aliphatic rings. The number of aromatic amines is 1. The number of hydrogen-bond acceptors (Lipinski definition) is 2. The van der Waals surface area contributed by atoms with Crippen molar-refractivity contribution < 1.29 is 0 Å². The van der Waals surface area contributed by atoms with Gasteiger partial charge in [-0.05, 0) is 12.1 Å². The Morgan fingerprint density at radius 2 is 2.25 bits per heavy atom. The Morgan fingerprint density at radius 3 is 3.00 bits per heavy atom. The van der Waals surface area contributed by atoms with Gasteiger partial charge in [0.15, 0.2) is 0 Å². The van der Waals surface area contributed by atoms with Gasteiger partial charge in [-0.3, -0.25) is 9.78 Å². The topological polar surface area (TPSA) is 45.8 Å². The molecule has 0 fully saturated rings. The van der Waals surface area contributed by atoms with E-state index in [1.807, 2.05) is 0 Å². The molecule has 0 radical (unpaired) electrons. The smallest absolute Gasteiger partial charge is 0.274 e. The second-order valence-electron chi connectivity index (χ2n) is 2.36. The minimum atomic E-state index is -0.213. The molecule has 0 bridgehead atoms. The lowest BCUT2D eigenvalue weighted by molar-refractivity contribution is 1.24. The zero-order valence-corrected chi connectivity index (χ0v) is 6.80. The number of pyridine rings is 2. The molecule has 2 aromatic rings. The van der Waals surface area contributed by atoms with Crippen LogP contribution in [0, 0.1) is 0 Å². The first-order valence-electron chi connectivity index (χ1n) is 3.41. The number of H-pyrrole nitrogens is 1. The summed E-state index contributed by atoms with van der Waals surface area (Å²) in [5.74, 6) is 0. The third-order valence-corrected chi connectivity index (χ3v) is 1.95. The van der Waals surface area contributed by atoms with Crippen LogP contribution in [0.1, 0.15) is 0 Å². The van der Waals surface area contributed by atoms with Gasteiger partial charge >= 0.3 is 0 Å². The third-order valence-electron chi connectivity index (χ3n) is 1.62. The van der Waals surface area contributed by atoms with Crippen LogP contribution in [0.5, 0.6) is 0 Å². The maximum atomic E-state index is 11.2. The van der Waals surface area contributed by atoms with Crippen LogP contribution in [0.25, 0.3) is 10.9 Å². The van der Waals surface area contributed by atoms with Gasteiger partial charge in [0.1, 0.15) is 5.52 Å². The van der Waals surface area contributed by atoms with Gasteiger partial charge in [-0.1, -0.05) is 11.6 Å². The molecule has 0 unspecified atom stereocenters. The Hall–Kier alpha value is -1.35. The first-order valence-corrected chi connectivity index (χ1v) is 3.79. The van der Waals surface area contributed by atoms with Crippen LogP contribution < -0.4 is 5.56 Å². The molecule has 1 N–H and O–H groups in total. The van der Waals surface area contributed by atoms with E-state index in [9.17, 15) is 4.79 Å². The van der Waals surface area contributed by atoms with Crippen molar-refractivity contribution in [2.45, 2.75) is 0 Å². The summed E-state index contributed by atoms with van der Waals surface area (Å²) in [6.45, 7) is 0. The Bertz CT molecular complexity index is 478. The Balaban J connectivity index is 3.05. The maximum absolute atomic E-state index is 11.2. The number of fused-ring (bicyclic) bond motifs is 1. The second-order valence-corrected chi connectivity index (χ2v) is 2.77. The number of nitrogens with zero attached hydrogens (tertiary/aromatic N) is 1. The lowest BCUT2D eigenvalue weighted by Gasteiger charge is -1.95. The normalized spacial score (nSPS) is 10.4. The first-order chi connectivity index (χ1) is 5.79. The van der Waals surface area contributed by atoms with Crippen molar-refractivity contribution in [1.29, 1.82) is 0 Å². The fourth-order valence-corrected chi connectivity index (χ4v) is 1.27. The molecule has 4 heteroatoms. The van der Waals surface area contributed by atoms with Crippen LogP contribution in [-0.4, -0.2) is 9.97 Å². The Labute approximate surface area is 73.0 Å². The lowest BCUT2D eigenvalue weighted by Crippen LogP contribution is -2.05. The van der Waals surface area contributed by atoms with Crippen molar-refractivity contribution in [1.82, 2.24) is 9.97 Å². The van der Waals surface area contributed by atoms with E-state index in [1.165, 1.54) is 6.20 Å². The van der Waals surface area contributed by atoms with E-state index in [4.69, 9.17) is 11.6 Å². The molecule has 2 aromatic heterocycles. The van der Waals surface area contributed by atoms with Crippen LogP contribution >= 0.6 is 11.6 Å². The van der Waals surface area contributed by atoms with Crippen LogP contribution in [0.2, 0.25) is 5.02 Å². The predicted octanol–water partition coefficient (Wildman–Crippen LogP) is 1.58. The van der Waals surface area contributed by atoms with Gasteiger partial charge in [-0.2, -0.15) is 0 Å². The summed E-state index contributed by atoms with van der Waals surface area (Å²) in [6, 6.07) is 3.38. The van der Waals surface area contributed by atoms with E-state index >= 15 is 0 Å². The number of rotatable bonds is 0. The summed E-state index contributed by atoms with van der Waals surface area (Å²) >= 11 is 5.84. The van der Waals surface area contributed by atoms with Crippen LogP contribution in [0.15, 0.2) is 29.3 Å². The van der Waals surface area contributed by atoms with Gasteiger partial charge in [0, 0.05) is 17.8 Å². The van der Waals surface area contributed by atoms with Gasteiger partial charge in [-0.25, -0.2) is 0 Å². The summed E-state index contributed by atoms with van der Waals surface area (Å²) in [5.41, 5.74) is 0.167. The monoisotopic (exact) mass is 180 g/mol. The summed E-state index contributed by atoms with van der Waals surface area (Å²) in [7, 11) is 0. The SMILES string of the molecule is O=c1[nH]ccc2c(Cl)ccnc12. The van der Waals surface area contributed by atoms with Crippen LogP contribution in [-0.2, 0) is 0 Å². The molecule has 0 spiro atoms. The number of halogens is 1. The molecule has 0 aliphatic heterocycles. The zero-order valence-electron chi connectivity index (χ0n) is 6.04. The standard InChI is InChI=1S/C8H5ClN2O/c9-6-2-4-10-7-5(6)1-3-11-8(7)12/h1-4H,(H,11,12). The van der Waals surface area contributed by atoms with E-state index in [1.54, 1.807) is 18.3 Å². The number of nitrogens with one attached hydrogen (secondary N) is 1. The minimum Gasteiger partial charge on any atom is -0.327 e. The lowest BCUT2D eigenvalue weighted by atomic mass is 10.3. The van der Waals surface area contributed by atoms with Gasteiger partial charge in [0.2, 0.25) is 0 Å². The molecule has 2 heterocycles. The highest BCUT2D eigenvalue weighted by molar-refractivity contribution is 6.35. The summed E-state index contributed by atoms with van der Waals surface area (Å²) < 4.78 is 0. The van der Waals surface area contributed by atoms with Crippen molar-refractivity contribution in [3.8, 4) is 0 Å². The molecule has 3 nitrogen and oxygen atoms in total. The fourth-order valence-electron chi connectivity index (χ4n) is 1.06. The van der Waals surface area contributed by atoms with Gasteiger partial charge in [0.05, 0.1) is 5.02 Å². The van der Waals surface area contributed by atoms with Crippen molar-refractivity contribution in [3.63, 3.8) is 0 Å². The zero-order chi connectivity index (χ0) is 8.55. The molecule has 0 atom stereocenters. The first kappa shape index (κ1) is 7.31. The van der Waals surface area contributed by atoms with Gasteiger partial charge in [-0.15, -0.1) is 0 Å². The molecule has 0 amide bonds.